The molecule has 4 rings (SSSR count). The summed E-state index contributed by atoms with van der Waals surface area (Å²) < 4.78 is 7.50. The van der Waals surface area contributed by atoms with Crippen molar-refractivity contribution in [1.82, 2.24) is 20.2 Å². The first kappa shape index (κ1) is 17.5. The number of aromatic nitrogens is 4. The quantitative estimate of drug-likeness (QED) is 0.701. The second kappa shape index (κ2) is 7.36. The van der Waals surface area contributed by atoms with Gasteiger partial charge in [-0.1, -0.05) is 23.7 Å². The average molecular weight is 384 g/mol. The van der Waals surface area contributed by atoms with Gasteiger partial charge in [0.25, 0.3) is 5.91 Å². The summed E-state index contributed by atoms with van der Waals surface area (Å²) >= 11 is 5.86. The zero-order valence-corrected chi connectivity index (χ0v) is 15.4. The molecule has 0 bridgehead atoms. The molecular formula is C19H18ClN5O2. The number of ether oxygens (including phenoxy) is 1. The lowest BCUT2D eigenvalue weighted by Gasteiger charge is -2.15. The fourth-order valence-electron chi connectivity index (χ4n) is 2.70. The minimum Gasteiger partial charge on any atom is -0.481 e. The topological polar surface area (TPSA) is 81.9 Å². The Labute approximate surface area is 161 Å². The molecule has 138 valence electrons. The maximum atomic E-state index is 12.5. The molecule has 0 saturated heterocycles. The highest BCUT2D eigenvalue weighted by Gasteiger charge is 2.28. The normalized spacial score (nSPS) is 14.6. The number of nitrogens with zero attached hydrogens (tertiary/aromatic N) is 4. The van der Waals surface area contributed by atoms with Crippen LogP contribution in [0.3, 0.4) is 0 Å². The van der Waals surface area contributed by atoms with Crippen LogP contribution in [0, 0.1) is 0 Å². The Kier molecular flexibility index (Phi) is 4.77. The summed E-state index contributed by atoms with van der Waals surface area (Å²) in [6.45, 7) is 1.70. The van der Waals surface area contributed by atoms with Crippen LogP contribution >= 0.6 is 11.6 Å². The van der Waals surface area contributed by atoms with Crippen molar-refractivity contribution in [2.75, 3.05) is 5.32 Å². The van der Waals surface area contributed by atoms with E-state index in [-0.39, 0.29) is 5.91 Å². The predicted molar refractivity (Wildman–Crippen MR) is 102 cm³/mol. The summed E-state index contributed by atoms with van der Waals surface area (Å²) in [7, 11) is 0. The van der Waals surface area contributed by atoms with Gasteiger partial charge in [0.05, 0.1) is 6.04 Å². The van der Waals surface area contributed by atoms with Crippen LogP contribution in [0.25, 0.3) is 11.4 Å². The van der Waals surface area contributed by atoms with Gasteiger partial charge in [0.15, 0.2) is 11.9 Å². The third kappa shape index (κ3) is 4.09. The molecule has 1 heterocycles. The van der Waals surface area contributed by atoms with Gasteiger partial charge in [-0.15, -0.1) is 5.10 Å². The summed E-state index contributed by atoms with van der Waals surface area (Å²) in [6, 6.07) is 14.7. The van der Waals surface area contributed by atoms with Crippen molar-refractivity contribution in [3.63, 3.8) is 0 Å². The highest BCUT2D eigenvalue weighted by molar-refractivity contribution is 6.30. The van der Waals surface area contributed by atoms with E-state index in [1.165, 1.54) is 0 Å². The molecule has 7 nitrogen and oxygen atoms in total. The lowest BCUT2D eigenvalue weighted by molar-refractivity contribution is -0.122. The average Bonchev–Trinajstić information content (AvgIpc) is 3.40. The SMILES string of the molecule is C[C@@H](Oc1ccc(Cl)cc1)C(=O)Nc1cccc(-c2nnnn2C2CC2)c1. The number of hydrogen-bond donors (Lipinski definition) is 1. The lowest BCUT2D eigenvalue weighted by Crippen LogP contribution is -2.30. The summed E-state index contributed by atoms with van der Waals surface area (Å²) in [5.41, 5.74) is 1.52. The van der Waals surface area contributed by atoms with Crippen LogP contribution in [-0.2, 0) is 4.79 Å². The fourth-order valence-corrected chi connectivity index (χ4v) is 2.83. The number of halogens is 1. The Morgan fingerprint density at radius 3 is 2.78 bits per heavy atom. The van der Waals surface area contributed by atoms with Gasteiger partial charge in [-0.3, -0.25) is 4.79 Å². The largest absolute Gasteiger partial charge is 0.481 e. The van der Waals surface area contributed by atoms with Gasteiger partial charge in [-0.05, 0) is 66.6 Å². The maximum absolute atomic E-state index is 12.5. The molecule has 2 aromatic carbocycles. The first-order chi connectivity index (χ1) is 13.1. The van der Waals surface area contributed by atoms with Crippen molar-refractivity contribution in [2.45, 2.75) is 31.9 Å². The second-order valence-corrected chi connectivity index (χ2v) is 6.90. The first-order valence-electron chi connectivity index (χ1n) is 8.71. The van der Waals surface area contributed by atoms with Crippen LogP contribution in [0.1, 0.15) is 25.8 Å². The molecule has 1 N–H and O–H groups in total. The summed E-state index contributed by atoms with van der Waals surface area (Å²) in [6.07, 6.45) is 1.52. The van der Waals surface area contributed by atoms with Crippen molar-refractivity contribution in [3.05, 3.63) is 53.6 Å². The molecule has 1 saturated carbocycles. The van der Waals surface area contributed by atoms with Gasteiger partial charge in [-0.25, -0.2) is 4.68 Å². The van der Waals surface area contributed by atoms with Crippen molar-refractivity contribution < 1.29 is 9.53 Å². The van der Waals surface area contributed by atoms with Crippen molar-refractivity contribution in [3.8, 4) is 17.1 Å². The molecule has 0 spiro atoms. The lowest BCUT2D eigenvalue weighted by atomic mass is 10.2. The highest BCUT2D eigenvalue weighted by atomic mass is 35.5. The van der Waals surface area contributed by atoms with Crippen LogP contribution in [0.5, 0.6) is 5.75 Å². The van der Waals surface area contributed by atoms with E-state index in [4.69, 9.17) is 16.3 Å². The van der Waals surface area contributed by atoms with Crippen LogP contribution in [0.15, 0.2) is 48.5 Å². The standard InChI is InChI=1S/C19H18ClN5O2/c1-12(27-17-9-5-14(20)6-10-17)19(26)21-15-4-2-3-13(11-15)18-22-23-24-25(18)16-7-8-16/h2-6,9-12,16H,7-8H2,1H3,(H,21,26)/t12-/m1/s1. The van der Waals surface area contributed by atoms with E-state index >= 15 is 0 Å². The molecule has 1 amide bonds. The Hall–Kier alpha value is -2.93. The van der Waals surface area contributed by atoms with Crippen molar-refractivity contribution >= 4 is 23.2 Å². The van der Waals surface area contributed by atoms with Crippen LogP contribution < -0.4 is 10.1 Å². The monoisotopic (exact) mass is 383 g/mol. The van der Waals surface area contributed by atoms with Crippen LogP contribution in [-0.4, -0.2) is 32.2 Å². The number of tetrazole rings is 1. The zero-order valence-electron chi connectivity index (χ0n) is 14.7. The summed E-state index contributed by atoms with van der Waals surface area (Å²) in [5, 5.41) is 15.5. The van der Waals surface area contributed by atoms with E-state index in [1.54, 1.807) is 31.2 Å². The van der Waals surface area contributed by atoms with E-state index in [0.717, 1.165) is 18.4 Å². The maximum Gasteiger partial charge on any atom is 0.265 e. The zero-order chi connectivity index (χ0) is 18.8. The summed E-state index contributed by atoms with van der Waals surface area (Å²) in [5.74, 6) is 1.04. The number of carbonyl (C=O) groups excluding carboxylic acids is 1. The molecule has 27 heavy (non-hydrogen) atoms. The van der Waals surface area contributed by atoms with E-state index in [1.807, 2.05) is 28.9 Å². The van der Waals surface area contributed by atoms with E-state index in [2.05, 4.69) is 20.8 Å². The van der Waals surface area contributed by atoms with Gasteiger partial charge in [0.1, 0.15) is 5.75 Å². The van der Waals surface area contributed by atoms with Crippen molar-refractivity contribution in [2.24, 2.45) is 0 Å². The summed E-state index contributed by atoms with van der Waals surface area (Å²) in [4.78, 5) is 12.5. The minimum atomic E-state index is -0.661. The van der Waals surface area contributed by atoms with E-state index < -0.39 is 6.10 Å². The number of nitrogens with one attached hydrogen (secondary N) is 1. The van der Waals surface area contributed by atoms with E-state index in [9.17, 15) is 4.79 Å². The molecule has 0 radical (unpaired) electrons. The molecular weight excluding hydrogens is 366 g/mol. The van der Waals surface area contributed by atoms with Crippen LogP contribution in [0.4, 0.5) is 5.69 Å². The molecule has 0 unspecified atom stereocenters. The Morgan fingerprint density at radius 1 is 1.26 bits per heavy atom. The minimum absolute atomic E-state index is 0.246. The molecule has 1 aliphatic carbocycles. The van der Waals surface area contributed by atoms with Gasteiger partial charge >= 0.3 is 0 Å². The Bertz CT molecular complexity index is 953. The predicted octanol–water partition coefficient (Wildman–Crippen LogP) is 3.73. The number of hydrogen-bond acceptors (Lipinski definition) is 5. The molecule has 0 aliphatic heterocycles. The molecule has 1 aromatic heterocycles. The molecule has 8 heteroatoms. The molecule has 1 aliphatic rings. The Balaban J connectivity index is 1.45. The number of carbonyl (C=O) groups is 1. The number of benzene rings is 2. The number of anilines is 1. The number of amides is 1. The van der Waals surface area contributed by atoms with Gasteiger partial charge in [-0.2, -0.15) is 0 Å². The molecule has 3 aromatic rings. The van der Waals surface area contributed by atoms with Crippen molar-refractivity contribution in [1.29, 1.82) is 0 Å². The Morgan fingerprint density at radius 2 is 2.04 bits per heavy atom. The highest BCUT2D eigenvalue weighted by Crippen LogP contribution is 2.36. The van der Waals surface area contributed by atoms with E-state index in [0.29, 0.717) is 28.3 Å². The van der Waals surface area contributed by atoms with Gasteiger partial charge < -0.3 is 10.1 Å². The number of rotatable bonds is 6. The third-order valence-electron chi connectivity index (χ3n) is 4.27. The van der Waals surface area contributed by atoms with Gasteiger partial charge in [0.2, 0.25) is 0 Å². The van der Waals surface area contributed by atoms with Gasteiger partial charge in [0, 0.05) is 16.3 Å². The second-order valence-electron chi connectivity index (χ2n) is 6.46. The first-order valence-corrected chi connectivity index (χ1v) is 9.09. The molecule has 1 atom stereocenters. The van der Waals surface area contributed by atoms with Crippen LogP contribution in [0.2, 0.25) is 5.02 Å². The molecule has 1 fully saturated rings. The smallest absolute Gasteiger partial charge is 0.265 e. The third-order valence-corrected chi connectivity index (χ3v) is 4.52. The fraction of sp³-hybridized carbons (Fsp3) is 0.263.